The standard InChI is InChI=1S/C28H15F4N3O/c29-17-6-7-25-21(13-17)22-14-24(32)20(15-26(22)35(25)27-5-1-2-8-33-27)16-10-18(30)12-19(11-16)36-28-23(31)4-3-9-34-28/h1-15H. The second-order valence-corrected chi connectivity index (χ2v) is 8.10. The maximum absolute atomic E-state index is 15.4. The zero-order chi connectivity index (χ0) is 24.8. The van der Waals surface area contributed by atoms with Gasteiger partial charge in [-0.3, -0.25) is 4.57 Å². The Kier molecular flexibility index (Phi) is 5.14. The largest absolute Gasteiger partial charge is 0.436 e. The summed E-state index contributed by atoms with van der Waals surface area (Å²) in [7, 11) is 0. The highest BCUT2D eigenvalue weighted by Gasteiger charge is 2.18. The van der Waals surface area contributed by atoms with Gasteiger partial charge in [0.15, 0.2) is 5.82 Å². The van der Waals surface area contributed by atoms with E-state index in [1.165, 1.54) is 36.5 Å². The van der Waals surface area contributed by atoms with E-state index in [0.717, 1.165) is 18.2 Å². The van der Waals surface area contributed by atoms with Crippen molar-refractivity contribution in [2.75, 3.05) is 0 Å². The molecule has 3 aromatic carbocycles. The lowest BCUT2D eigenvalue weighted by atomic mass is 10.0. The molecule has 0 spiro atoms. The molecule has 0 unspecified atom stereocenters. The summed E-state index contributed by atoms with van der Waals surface area (Å²) < 4.78 is 65.3. The Bertz CT molecular complexity index is 1770. The van der Waals surface area contributed by atoms with Gasteiger partial charge < -0.3 is 4.74 Å². The van der Waals surface area contributed by atoms with Gasteiger partial charge in [0.05, 0.1) is 11.0 Å². The summed E-state index contributed by atoms with van der Waals surface area (Å²) in [5, 5.41) is 0.981. The van der Waals surface area contributed by atoms with Crippen LogP contribution in [0.5, 0.6) is 11.6 Å². The van der Waals surface area contributed by atoms with Gasteiger partial charge in [0.25, 0.3) is 5.88 Å². The summed E-state index contributed by atoms with van der Waals surface area (Å²) in [5.74, 6) is -2.35. The molecule has 6 aromatic rings. The second kappa shape index (κ2) is 8.49. The molecule has 176 valence electrons. The van der Waals surface area contributed by atoms with Crippen LogP contribution in [0.1, 0.15) is 0 Å². The molecule has 0 N–H and O–H groups in total. The number of nitrogens with zero attached hydrogens (tertiary/aromatic N) is 3. The molecule has 8 heteroatoms. The molecule has 0 bridgehead atoms. The molecule has 4 nitrogen and oxygen atoms in total. The first kappa shape index (κ1) is 21.8. The first-order valence-electron chi connectivity index (χ1n) is 10.9. The van der Waals surface area contributed by atoms with E-state index in [1.54, 1.807) is 41.1 Å². The maximum Gasteiger partial charge on any atom is 0.255 e. The van der Waals surface area contributed by atoms with Crippen molar-refractivity contribution in [2.45, 2.75) is 0 Å². The lowest BCUT2D eigenvalue weighted by Crippen LogP contribution is -1.97. The van der Waals surface area contributed by atoms with Crippen LogP contribution in [0.3, 0.4) is 0 Å². The van der Waals surface area contributed by atoms with Gasteiger partial charge in [-0.05, 0) is 72.3 Å². The van der Waals surface area contributed by atoms with Crippen LogP contribution in [0.4, 0.5) is 17.6 Å². The fourth-order valence-electron chi connectivity index (χ4n) is 4.30. The van der Waals surface area contributed by atoms with Crippen LogP contribution in [0.15, 0.2) is 91.3 Å². The Morgan fingerprint density at radius 2 is 1.47 bits per heavy atom. The Morgan fingerprint density at radius 3 is 2.28 bits per heavy atom. The Balaban J connectivity index is 1.57. The fourth-order valence-corrected chi connectivity index (χ4v) is 4.30. The minimum absolute atomic E-state index is 0.0468. The summed E-state index contributed by atoms with van der Waals surface area (Å²) in [6, 6.07) is 18.6. The molecule has 36 heavy (non-hydrogen) atoms. The Hall–Kier alpha value is -4.72. The van der Waals surface area contributed by atoms with Crippen molar-refractivity contribution in [1.82, 2.24) is 14.5 Å². The quantitative estimate of drug-likeness (QED) is 0.242. The van der Waals surface area contributed by atoms with Gasteiger partial charge in [-0.25, -0.2) is 27.5 Å². The summed E-state index contributed by atoms with van der Waals surface area (Å²) >= 11 is 0. The zero-order valence-electron chi connectivity index (χ0n) is 18.4. The van der Waals surface area contributed by atoms with Gasteiger partial charge in [-0.2, -0.15) is 0 Å². The van der Waals surface area contributed by atoms with Gasteiger partial charge in [0.2, 0.25) is 0 Å². The molecule has 3 heterocycles. The van der Waals surface area contributed by atoms with Crippen LogP contribution in [0.2, 0.25) is 0 Å². The summed E-state index contributed by atoms with van der Waals surface area (Å²) in [4.78, 5) is 8.21. The number of hydrogen-bond donors (Lipinski definition) is 0. The molecule has 0 aliphatic heterocycles. The van der Waals surface area contributed by atoms with Crippen molar-refractivity contribution >= 4 is 21.8 Å². The Labute approximate surface area is 202 Å². The van der Waals surface area contributed by atoms with Crippen molar-refractivity contribution in [2.24, 2.45) is 0 Å². The van der Waals surface area contributed by atoms with Crippen molar-refractivity contribution in [1.29, 1.82) is 0 Å². The van der Waals surface area contributed by atoms with Crippen LogP contribution in [0.25, 0.3) is 38.8 Å². The first-order valence-corrected chi connectivity index (χ1v) is 10.9. The topological polar surface area (TPSA) is 39.9 Å². The van der Waals surface area contributed by atoms with E-state index < -0.39 is 23.3 Å². The predicted molar refractivity (Wildman–Crippen MR) is 128 cm³/mol. The molecule has 3 aromatic heterocycles. The van der Waals surface area contributed by atoms with E-state index in [4.69, 9.17) is 4.74 Å². The van der Waals surface area contributed by atoms with Crippen LogP contribution < -0.4 is 4.74 Å². The average molecular weight is 485 g/mol. The highest BCUT2D eigenvalue weighted by molar-refractivity contribution is 6.10. The normalized spacial score (nSPS) is 11.3. The first-order chi connectivity index (χ1) is 17.5. The molecular weight excluding hydrogens is 470 g/mol. The molecule has 0 radical (unpaired) electrons. The van der Waals surface area contributed by atoms with E-state index in [2.05, 4.69) is 9.97 Å². The SMILES string of the molecule is Fc1cc(Oc2ncccc2F)cc(-c2cc3c(cc2F)c2cc(F)ccc2n3-c2ccccn2)c1. The number of ether oxygens (including phenoxy) is 1. The van der Waals surface area contributed by atoms with Crippen molar-refractivity contribution < 1.29 is 22.3 Å². The number of aromatic nitrogens is 3. The van der Waals surface area contributed by atoms with E-state index in [-0.39, 0.29) is 22.8 Å². The highest BCUT2D eigenvalue weighted by Crippen LogP contribution is 2.37. The van der Waals surface area contributed by atoms with Crippen molar-refractivity contribution in [3.63, 3.8) is 0 Å². The molecule has 0 saturated carbocycles. The lowest BCUT2D eigenvalue weighted by Gasteiger charge is -2.11. The number of halogens is 4. The van der Waals surface area contributed by atoms with Gasteiger partial charge in [0.1, 0.15) is 29.0 Å². The van der Waals surface area contributed by atoms with Gasteiger partial charge >= 0.3 is 0 Å². The van der Waals surface area contributed by atoms with Gasteiger partial charge in [0, 0.05) is 34.8 Å². The number of pyridine rings is 2. The number of benzene rings is 3. The van der Waals surface area contributed by atoms with Crippen molar-refractivity contribution in [3.05, 3.63) is 115 Å². The summed E-state index contributed by atoms with van der Waals surface area (Å²) in [6.45, 7) is 0. The molecule has 0 atom stereocenters. The maximum atomic E-state index is 15.4. The minimum atomic E-state index is -0.719. The molecule has 0 saturated heterocycles. The third-order valence-electron chi connectivity index (χ3n) is 5.82. The van der Waals surface area contributed by atoms with Crippen LogP contribution in [-0.4, -0.2) is 14.5 Å². The van der Waals surface area contributed by atoms with Crippen LogP contribution in [0, 0.1) is 23.3 Å². The Morgan fingerprint density at radius 1 is 0.639 bits per heavy atom. The molecule has 0 aliphatic carbocycles. The predicted octanol–water partition coefficient (Wildman–Crippen LogP) is 7.59. The minimum Gasteiger partial charge on any atom is -0.436 e. The zero-order valence-corrected chi connectivity index (χ0v) is 18.4. The van der Waals surface area contributed by atoms with Crippen LogP contribution >= 0.6 is 0 Å². The lowest BCUT2D eigenvalue weighted by molar-refractivity contribution is 0.420. The van der Waals surface area contributed by atoms with E-state index in [9.17, 15) is 13.2 Å². The number of hydrogen-bond acceptors (Lipinski definition) is 3. The van der Waals surface area contributed by atoms with Gasteiger partial charge in [-0.1, -0.05) is 6.07 Å². The summed E-state index contributed by atoms with van der Waals surface area (Å²) in [5.41, 5.74) is 1.43. The number of fused-ring (bicyclic) bond motifs is 3. The smallest absolute Gasteiger partial charge is 0.255 e. The third kappa shape index (κ3) is 3.73. The summed E-state index contributed by atoms with van der Waals surface area (Å²) in [6.07, 6.45) is 2.96. The molecule has 0 amide bonds. The molecular formula is C28H15F4N3O. The van der Waals surface area contributed by atoms with Crippen LogP contribution in [-0.2, 0) is 0 Å². The molecule has 6 rings (SSSR count). The third-order valence-corrected chi connectivity index (χ3v) is 5.82. The monoisotopic (exact) mass is 485 g/mol. The van der Waals surface area contributed by atoms with Gasteiger partial charge in [-0.15, -0.1) is 0 Å². The molecule has 0 fully saturated rings. The average Bonchev–Trinajstić information content (AvgIpc) is 3.17. The van der Waals surface area contributed by atoms with E-state index in [0.29, 0.717) is 27.6 Å². The second-order valence-electron chi connectivity index (χ2n) is 8.10. The highest BCUT2D eigenvalue weighted by atomic mass is 19.1. The fraction of sp³-hybridized carbons (Fsp3) is 0. The van der Waals surface area contributed by atoms with E-state index in [1.807, 2.05) is 0 Å². The van der Waals surface area contributed by atoms with Crippen molar-refractivity contribution in [3.8, 4) is 28.6 Å². The number of rotatable bonds is 4. The molecule has 0 aliphatic rings. The van der Waals surface area contributed by atoms with E-state index >= 15 is 4.39 Å².